The fourth-order valence-electron chi connectivity index (χ4n) is 8.11. The van der Waals surface area contributed by atoms with E-state index >= 15 is 0 Å². The first-order valence-corrected chi connectivity index (χ1v) is 18.7. The van der Waals surface area contributed by atoms with Crippen molar-refractivity contribution in [2.24, 2.45) is 0 Å². The molecule has 2 heterocycles. The third-order valence-corrected chi connectivity index (χ3v) is 12.7. The second-order valence-electron chi connectivity index (χ2n) is 13.2. The molecule has 50 heavy (non-hydrogen) atoms. The van der Waals surface area contributed by atoms with Gasteiger partial charge in [-0.15, -0.1) is 22.7 Å². The summed E-state index contributed by atoms with van der Waals surface area (Å²) in [6.45, 7) is 0. The predicted molar refractivity (Wildman–Crippen MR) is 221 cm³/mol. The van der Waals surface area contributed by atoms with Gasteiger partial charge in [0, 0.05) is 40.3 Å². The minimum absolute atomic E-state index is 1.25. The number of fused-ring (bicyclic) bond motifs is 9. The summed E-state index contributed by atoms with van der Waals surface area (Å²) in [6, 6.07) is 63.1. The van der Waals surface area contributed by atoms with E-state index in [0.717, 1.165) is 0 Å². The summed E-state index contributed by atoms with van der Waals surface area (Å²) < 4.78 is 5.42. The molecule has 0 unspecified atom stereocenters. The van der Waals surface area contributed by atoms with Crippen LogP contribution >= 0.6 is 22.7 Å². The van der Waals surface area contributed by atoms with Gasteiger partial charge >= 0.3 is 0 Å². The van der Waals surface area contributed by atoms with Gasteiger partial charge in [-0.1, -0.05) is 127 Å². The third kappa shape index (κ3) is 4.23. The van der Waals surface area contributed by atoms with Crippen LogP contribution in [0.5, 0.6) is 0 Å². The summed E-state index contributed by atoms with van der Waals surface area (Å²) in [6.07, 6.45) is 0. The standard InChI is InChI=1S/C48H28S2/c1-2-10-29(11-3-1)47-36-13-4-6-15-38(36)48(39-16-7-5-14-37(39)47)34-21-20-30-24-31(18-19-32(30)25-34)33-22-23-44-40(26-33)42-28-45-41(27-46(42)50-44)35-12-8-9-17-43(35)49-45/h1-28H. The minimum Gasteiger partial charge on any atom is -0.135 e. The van der Waals surface area contributed by atoms with E-state index in [2.05, 4.69) is 170 Å². The lowest BCUT2D eigenvalue weighted by Crippen LogP contribution is -1.90. The van der Waals surface area contributed by atoms with E-state index in [4.69, 9.17) is 0 Å². The fraction of sp³-hybridized carbons (Fsp3) is 0. The molecule has 0 N–H and O–H groups in total. The van der Waals surface area contributed by atoms with Crippen LogP contribution in [0.2, 0.25) is 0 Å². The van der Waals surface area contributed by atoms with Crippen molar-refractivity contribution >= 4 is 95.3 Å². The molecule has 0 saturated carbocycles. The van der Waals surface area contributed by atoms with E-state index in [-0.39, 0.29) is 0 Å². The molecule has 2 heteroatoms. The Labute approximate surface area is 297 Å². The van der Waals surface area contributed by atoms with Gasteiger partial charge in [0.05, 0.1) is 0 Å². The summed E-state index contributed by atoms with van der Waals surface area (Å²) in [4.78, 5) is 0. The topological polar surface area (TPSA) is 0 Å². The molecule has 0 radical (unpaired) electrons. The average molecular weight is 669 g/mol. The van der Waals surface area contributed by atoms with Crippen LogP contribution < -0.4 is 0 Å². The van der Waals surface area contributed by atoms with Gasteiger partial charge < -0.3 is 0 Å². The summed E-state index contributed by atoms with van der Waals surface area (Å²) in [5, 5.41) is 13.1. The number of benzene rings is 9. The van der Waals surface area contributed by atoms with Gasteiger partial charge in [-0.3, -0.25) is 0 Å². The lowest BCUT2D eigenvalue weighted by Gasteiger charge is -2.18. The highest BCUT2D eigenvalue weighted by Gasteiger charge is 2.17. The van der Waals surface area contributed by atoms with Crippen molar-refractivity contribution in [1.82, 2.24) is 0 Å². The lowest BCUT2D eigenvalue weighted by molar-refractivity contribution is 1.66. The van der Waals surface area contributed by atoms with Crippen molar-refractivity contribution in [2.45, 2.75) is 0 Å². The van der Waals surface area contributed by atoms with E-state index in [9.17, 15) is 0 Å². The second kappa shape index (κ2) is 10.9. The second-order valence-corrected chi connectivity index (χ2v) is 15.4. The van der Waals surface area contributed by atoms with Gasteiger partial charge in [0.1, 0.15) is 0 Å². The van der Waals surface area contributed by atoms with Crippen molar-refractivity contribution in [1.29, 1.82) is 0 Å². The van der Waals surface area contributed by atoms with Crippen LogP contribution in [0.25, 0.3) is 106 Å². The molecule has 2 aromatic heterocycles. The number of hydrogen-bond acceptors (Lipinski definition) is 2. The van der Waals surface area contributed by atoms with Crippen LogP contribution in [-0.4, -0.2) is 0 Å². The van der Waals surface area contributed by atoms with E-state index < -0.39 is 0 Å². The Morgan fingerprint density at radius 3 is 1.34 bits per heavy atom. The molecule has 0 aliphatic heterocycles. The molecule has 0 bridgehead atoms. The molecule has 232 valence electrons. The summed E-state index contributed by atoms with van der Waals surface area (Å²) in [5.74, 6) is 0. The normalized spacial score (nSPS) is 12.0. The molecule has 11 rings (SSSR count). The SMILES string of the molecule is c1ccc(-c2c3ccccc3c(-c3ccc4cc(-c5ccc6sc7cc8c(cc7c6c5)sc5ccccc58)ccc4c3)c3ccccc23)cc1. The van der Waals surface area contributed by atoms with E-state index in [0.29, 0.717) is 0 Å². The van der Waals surface area contributed by atoms with Gasteiger partial charge in [-0.2, -0.15) is 0 Å². The molecule has 11 aromatic rings. The maximum atomic E-state index is 2.42. The Balaban J connectivity index is 1.04. The molecule has 0 fully saturated rings. The molecular formula is C48H28S2. The maximum absolute atomic E-state index is 2.42. The van der Waals surface area contributed by atoms with Gasteiger partial charge in [0.15, 0.2) is 0 Å². The predicted octanol–water partition coefficient (Wildman–Crippen LogP) is 14.9. The van der Waals surface area contributed by atoms with Crippen LogP contribution in [-0.2, 0) is 0 Å². The van der Waals surface area contributed by atoms with Crippen molar-refractivity contribution in [2.75, 3.05) is 0 Å². The van der Waals surface area contributed by atoms with E-state index in [1.807, 2.05) is 22.7 Å². The monoisotopic (exact) mass is 668 g/mol. The summed E-state index contributed by atoms with van der Waals surface area (Å²) >= 11 is 3.79. The van der Waals surface area contributed by atoms with Gasteiger partial charge in [-0.25, -0.2) is 0 Å². The first-order valence-electron chi connectivity index (χ1n) is 17.1. The van der Waals surface area contributed by atoms with Crippen LogP contribution in [0.3, 0.4) is 0 Å². The Kier molecular flexibility index (Phi) is 6.09. The number of rotatable bonds is 3. The molecule has 0 amide bonds. The highest BCUT2D eigenvalue weighted by atomic mass is 32.1. The van der Waals surface area contributed by atoms with Gasteiger partial charge in [0.25, 0.3) is 0 Å². The van der Waals surface area contributed by atoms with Gasteiger partial charge in [-0.05, 0) is 108 Å². The van der Waals surface area contributed by atoms with Crippen molar-refractivity contribution in [3.63, 3.8) is 0 Å². The minimum atomic E-state index is 1.25. The Morgan fingerprint density at radius 1 is 0.240 bits per heavy atom. The molecule has 0 atom stereocenters. The smallest absolute Gasteiger partial charge is 0.0362 e. The zero-order valence-electron chi connectivity index (χ0n) is 27.0. The van der Waals surface area contributed by atoms with Crippen molar-refractivity contribution in [3.05, 3.63) is 170 Å². The first kappa shape index (κ1) is 28.1. The van der Waals surface area contributed by atoms with Crippen molar-refractivity contribution in [3.8, 4) is 33.4 Å². The third-order valence-electron chi connectivity index (χ3n) is 10.4. The van der Waals surface area contributed by atoms with Crippen LogP contribution in [0.4, 0.5) is 0 Å². The summed E-state index contributed by atoms with van der Waals surface area (Å²) in [7, 11) is 0. The Bertz CT molecular complexity index is 3080. The molecule has 0 aliphatic rings. The van der Waals surface area contributed by atoms with Crippen molar-refractivity contribution < 1.29 is 0 Å². The molecule has 0 saturated heterocycles. The molecule has 0 nitrogen and oxygen atoms in total. The van der Waals surface area contributed by atoms with Crippen LogP contribution in [0.15, 0.2) is 170 Å². The zero-order chi connectivity index (χ0) is 32.8. The first-order chi connectivity index (χ1) is 24.8. The highest BCUT2D eigenvalue weighted by molar-refractivity contribution is 7.27. The average Bonchev–Trinajstić information content (AvgIpc) is 3.72. The zero-order valence-corrected chi connectivity index (χ0v) is 28.6. The number of thiophene rings is 2. The molecular weight excluding hydrogens is 641 g/mol. The Hall–Kier alpha value is -5.80. The highest BCUT2D eigenvalue weighted by Crippen LogP contribution is 2.45. The van der Waals surface area contributed by atoms with E-state index in [1.165, 1.54) is 106 Å². The lowest BCUT2D eigenvalue weighted by atomic mass is 9.85. The van der Waals surface area contributed by atoms with Gasteiger partial charge in [0.2, 0.25) is 0 Å². The number of hydrogen-bond donors (Lipinski definition) is 0. The molecule has 0 aliphatic carbocycles. The van der Waals surface area contributed by atoms with E-state index in [1.54, 1.807) is 0 Å². The Morgan fingerprint density at radius 2 is 0.680 bits per heavy atom. The van der Waals surface area contributed by atoms with Crippen LogP contribution in [0.1, 0.15) is 0 Å². The largest absolute Gasteiger partial charge is 0.135 e. The molecule has 0 spiro atoms. The maximum Gasteiger partial charge on any atom is 0.0362 e. The summed E-state index contributed by atoms with van der Waals surface area (Å²) in [5.41, 5.74) is 7.60. The fourth-order valence-corrected chi connectivity index (χ4v) is 10.3. The molecule has 9 aromatic carbocycles. The van der Waals surface area contributed by atoms with Crippen LogP contribution in [0, 0.1) is 0 Å². The quantitative estimate of drug-likeness (QED) is 0.164.